The van der Waals surface area contributed by atoms with Gasteiger partial charge in [-0.3, -0.25) is 14.5 Å². The van der Waals surface area contributed by atoms with Gasteiger partial charge in [0.25, 0.3) is 11.8 Å². The van der Waals surface area contributed by atoms with Crippen molar-refractivity contribution in [2.45, 2.75) is 5.88 Å². The molecule has 2 heterocycles. The number of nitrogens with zero attached hydrogens (tertiary/aromatic N) is 3. The van der Waals surface area contributed by atoms with E-state index < -0.39 is 11.8 Å². The summed E-state index contributed by atoms with van der Waals surface area (Å²) in [6, 6.07) is 7.02. The van der Waals surface area contributed by atoms with Crippen molar-refractivity contribution in [1.29, 1.82) is 0 Å². The van der Waals surface area contributed by atoms with Gasteiger partial charge in [0, 0.05) is 17.3 Å². The highest BCUT2D eigenvalue weighted by Crippen LogP contribution is 2.28. The number of carbonyl (C=O) groups is 2. The Morgan fingerprint density at radius 2 is 2.08 bits per heavy atom. The highest BCUT2D eigenvalue weighted by atomic mass is 35.5. The van der Waals surface area contributed by atoms with Crippen LogP contribution < -0.4 is 5.32 Å². The molecule has 2 amide bonds. The van der Waals surface area contributed by atoms with Crippen LogP contribution in [-0.4, -0.2) is 45.1 Å². The molecule has 0 spiro atoms. The molecule has 0 saturated carbocycles. The average molecular weight is 349 g/mol. The van der Waals surface area contributed by atoms with Crippen molar-refractivity contribution in [2.75, 3.05) is 18.5 Å². The maximum Gasteiger partial charge on any atom is 0.277 e. The highest BCUT2D eigenvalue weighted by molar-refractivity contribution is 6.17. The second-order valence-corrected chi connectivity index (χ2v) is 5.16. The number of β-amino-alcohol motifs (C(OH)–C–C–N with tert-alkyl or cyclic N) is 1. The summed E-state index contributed by atoms with van der Waals surface area (Å²) in [5.74, 6) is -0.284. The third kappa shape index (κ3) is 3.01. The van der Waals surface area contributed by atoms with Gasteiger partial charge in [-0.15, -0.1) is 11.6 Å². The minimum Gasteiger partial charge on any atom is -0.395 e. The summed E-state index contributed by atoms with van der Waals surface area (Å²) in [6.45, 7) is -0.343. The summed E-state index contributed by atoms with van der Waals surface area (Å²) in [7, 11) is 0. The highest BCUT2D eigenvalue weighted by Gasteiger charge is 2.31. The van der Waals surface area contributed by atoms with E-state index in [9.17, 15) is 9.59 Å². The maximum absolute atomic E-state index is 12.2. The lowest BCUT2D eigenvalue weighted by molar-refractivity contribution is -0.137. The topological polar surface area (TPSA) is 109 Å². The third-order valence-corrected chi connectivity index (χ3v) is 3.58. The molecule has 3 rings (SSSR count). The second-order valence-electron chi connectivity index (χ2n) is 4.89. The first-order valence-corrected chi connectivity index (χ1v) is 7.61. The van der Waals surface area contributed by atoms with Crippen LogP contribution in [-0.2, 0) is 15.5 Å². The first-order valence-electron chi connectivity index (χ1n) is 7.07. The maximum atomic E-state index is 12.2. The number of benzene rings is 1. The summed E-state index contributed by atoms with van der Waals surface area (Å²) in [4.78, 5) is 29.1. The predicted molar refractivity (Wildman–Crippen MR) is 84.8 cm³/mol. The number of aliphatic hydroxyl groups excluding tert-OH is 1. The molecule has 124 valence electrons. The van der Waals surface area contributed by atoms with Crippen LogP contribution in [0.3, 0.4) is 0 Å². The summed E-state index contributed by atoms with van der Waals surface area (Å²) in [5, 5.41) is 15.7. The SMILES string of the molecule is O=C1C=C(Nc2ccccc2-c2noc(CCl)n2)C(=O)N1CCO. The van der Waals surface area contributed by atoms with Gasteiger partial charge in [0.15, 0.2) is 0 Å². The zero-order valence-electron chi connectivity index (χ0n) is 12.4. The zero-order chi connectivity index (χ0) is 17.1. The number of nitrogens with one attached hydrogen (secondary N) is 1. The van der Waals surface area contributed by atoms with E-state index in [2.05, 4.69) is 15.5 Å². The van der Waals surface area contributed by atoms with Crippen molar-refractivity contribution in [3.05, 3.63) is 41.9 Å². The summed E-state index contributed by atoms with van der Waals surface area (Å²) in [5.41, 5.74) is 1.25. The van der Waals surface area contributed by atoms with E-state index in [1.54, 1.807) is 24.3 Å². The van der Waals surface area contributed by atoms with Crippen LogP contribution in [0.5, 0.6) is 0 Å². The Hall–Kier alpha value is -2.71. The van der Waals surface area contributed by atoms with Crippen LogP contribution in [0.15, 0.2) is 40.6 Å². The molecule has 1 aliphatic heterocycles. The summed E-state index contributed by atoms with van der Waals surface area (Å²) < 4.78 is 4.99. The number of para-hydroxylation sites is 1. The lowest BCUT2D eigenvalue weighted by Crippen LogP contribution is -2.34. The monoisotopic (exact) mass is 348 g/mol. The van der Waals surface area contributed by atoms with Crippen LogP contribution in [0.4, 0.5) is 5.69 Å². The first kappa shape index (κ1) is 16.2. The molecule has 2 aromatic rings. The van der Waals surface area contributed by atoms with Gasteiger partial charge in [0.2, 0.25) is 11.7 Å². The summed E-state index contributed by atoms with van der Waals surface area (Å²) in [6.07, 6.45) is 1.19. The van der Waals surface area contributed by atoms with Gasteiger partial charge in [-0.1, -0.05) is 17.3 Å². The van der Waals surface area contributed by atoms with Crippen LogP contribution in [0.2, 0.25) is 0 Å². The Bertz CT molecular complexity index is 817. The van der Waals surface area contributed by atoms with Gasteiger partial charge in [-0.25, -0.2) is 0 Å². The molecule has 24 heavy (non-hydrogen) atoms. The number of carbonyl (C=O) groups excluding carboxylic acids is 2. The zero-order valence-corrected chi connectivity index (χ0v) is 13.2. The van der Waals surface area contributed by atoms with Crippen LogP contribution in [0, 0.1) is 0 Å². The number of halogens is 1. The van der Waals surface area contributed by atoms with Crippen molar-refractivity contribution >= 4 is 29.1 Å². The van der Waals surface area contributed by atoms with Crippen molar-refractivity contribution in [1.82, 2.24) is 15.0 Å². The number of hydrogen-bond acceptors (Lipinski definition) is 7. The molecule has 0 unspecified atom stereocenters. The van der Waals surface area contributed by atoms with Gasteiger partial charge in [-0.2, -0.15) is 4.98 Å². The molecule has 2 N–H and O–H groups in total. The van der Waals surface area contributed by atoms with Gasteiger partial charge in [0.1, 0.15) is 11.6 Å². The Morgan fingerprint density at radius 1 is 1.29 bits per heavy atom. The van der Waals surface area contributed by atoms with Gasteiger partial charge in [-0.05, 0) is 12.1 Å². The molecule has 0 fully saturated rings. The van der Waals surface area contributed by atoms with Gasteiger partial charge >= 0.3 is 0 Å². The van der Waals surface area contributed by atoms with Crippen molar-refractivity contribution in [3.63, 3.8) is 0 Å². The summed E-state index contributed by atoms with van der Waals surface area (Å²) >= 11 is 5.66. The number of imide groups is 1. The molecule has 1 aliphatic rings. The fourth-order valence-electron chi connectivity index (χ4n) is 2.26. The Kier molecular flexibility index (Phi) is 4.59. The predicted octanol–water partition coefficient (Wildman–Crippen LogP) is 1.13. The molecule has 0 bridgehead atoms. The molecule has 9 heteroatoms. The third-order valence-electron chi connectivity index (χ3n) is 3.35. The standard InChI is InChI=1S/C15H13ClN4O4/c16-8-12-18-14(19-24-12)9-3-1-2-4-10(9)17-11-7-13(22)20(5-6-21)15(11)23/h1-4,7,17,21H,5-6,8H2. The lowest BCUT2D eigenvalue weighted by atomic mass is 10.1. The number of alkyl halides is 1. The molecule has 0 atom stereocenters. The van der Waals surface area contributed by atoms with Gasteiger partial charge < -0.3 is 14.9 Å². The number of anilines is 1. The molecule has 0 saturated heterocycles. The Balaban J connectivity index is 1.88. The number of rotatable bonds is 6. The molecule has 8 nitrogen and oxygen atoms in total. The number of aliphatic hydroxyl groups is 1. The van der Waals surface area contributed by atoms with Crippen molar-refractivity contribution < 1.29 is 19.2 Å². The number of aromatic nitrogens is 2. The van der Waals surface area contributed by atoms with E-state index in [0.717, 1.165) is 4.90 Å². The van der Waals surface area contributed by atoms with E-state index in [1.165, 1.54) is 6.08 Å². The lowest BCUT2D eigenvalue weighted by Gasteiger charge is -2.14. The number of hydrogen-bond donors (Lipinski definition) is 2. The normalized spacial score (nSPS) is 14.2. The Morgan fingerprint density at radius 3 is 2.79 bits per heavy atom. The largest absolute Gasteiger partial charge is 0.395 e. The van der Waals surface area contributed by atoms with E-state index in [-0.39, 0.29) is 30.6 Å². The molecule has 1 aromatic heterocycles. The number of amides is 2. The fourth-order valence-corrected chi connectivity index (χ4v) is 2.37. The molecule has 1 aromatic carbocycles. The minimum atomic E-state index is -0.501. The van der Waals surface area contributed by atoms with Crippen LogP contribution >= 0.6 is 11.6 Å². The Labute approximate surface area is 141 Å². The van der Waals surface area contributed by atoms with E-state index in [4.69, 9.17) is 21.2 Å². The fraction of sp³-hybridized carbons (Fsp3) is 0.200. The van der Waals surface area contributed by atoms with Crippen LogP contribution in [0.1, 0.15) is 5.89 Å². The minimum absolute atomic E-state index is 0.0507. The smallest absolute Gasteiger partial charge is 0.277 e. The average Bonchev–Trinajstić information content (AvgIpc) is 3.16. The first-order chi connectivity index (χ1) is 11.6. The van der Waals surface area contributed by atoms with E-state index in [1.807, 2.05) is 0 Å². The van der Waals surface area contributed by atoms with Crippen molar-refractivity contribution in [3.8, 4) is 11.4 Å². The second kappa shape index (κ2) is 6.81. The molecule has 0 radical (unpaired) electrons. The quantitative estimate of drug-likeness (QED) is 0.595. The molecular weight excluding hydrogens is 336 g/mol. The van der Waals surface area contributed by atoms with E-state index in [0.29, 0.717) is 17.1 Å². The molecule has 0 aliphatic carbocycles. The van der Waals surface area contributed by atoms with Crippen molar-refractivity contribution in [2.24, 2.45) is 0 Å². The van der Waals surface area contributed by atoms with E-state index >= 15 is 0 Å². The van der Waals surface area contributed by atoms with Crippen LogP contribution in [0.25, 0.3) is 11.4 Å². The molecular formula is C15H13ClN4O4. The van der Waals surface area contributed by atoms with Gasteiger partial charge in [0.05, 0.1) is 13.2 Å².